The lowest BCUT2D eigenvalue weighted by atomic mass is 10.0. The average Bonchev–Trinajstić information content (AvgIpc) is 3.21. The van der Waals surface area contributed by atoms with Crippen molar-refractivity contribution in [3.05, 3.63) is 12.2 Å². The smallest absolute Gasteiger partial charge is 0.305 e. The van der Waals surface area contributed by atoms with Crippen LogP contribution in [0, 0.1) is 0 Å². The van der Waals surface area contributed by atoms with Crippen molar-refractivity contribution in [2.24, 2.45) is 0 Å². The molecule has 0 rings (SSSR count). The normalized spacial score (nSPS) is 12.7. The van der Waals surface area contributed by atoms with Crippen molar-refractivity contribution in [3.63, 3.8) is 0 Å². The molecule has 57 heavy (non-hydrogen) atoms. The Morgan fingerprint density at radius 2 is 0.807 bits per heavy atom. The summed E-state index contributed by atoms with van der Waals surface area (Å²) in [6.45, 7) is 4.85. The maximum absolute atomic E-state index is 12.4. The molecule has 1 amide bonds. The van der Waals surface area contributed by atoms with Crippen molar-refractivity contribution in [2.45, 2.75) is 289 Å². The molecule has 3 N–H and O–H groups in total. The van der Waals surface area contributed by atoms with Crippen molar-refractivity contribution in [3.8, 4) is 0 Å². The van der Waals surface area contributed by atoms with E-state index in [-0.39, 0.29) is 18.5 Å². The van der Waals surface area contributed by atoms with Crippen molar-refractivity contribution in [2.75, 3.05) is 13.2 Å². The Morgan fingerprint density at radius 3 is 1.19 bits per heavy atom. The van der Waals surface area contributed by atoms with Gasteiger partial charge in [-0.1, -0.05) is 244 Å². The number of aliphatic hydroxyl groups is 2. The molecule has 0 bridgehead atoms. The summed E-state index contributed by atoms with van der Waals surface area (Å²) in [6.07, 6.45) is 53.6. The highest BCUT2D eigenvalue weighted by Gasteiger charge is 2.18. The fourth-order valence-electron chi connectivity index (χ4n) is 7.87. The molecule has 338 valence electrons. The number of hydrogen-bond donors (Lipinski definition) is 3. The van der Waals surface area contributed by atoms with Gasteiger partial charge in [-0.2, -0.15) is 0 Å². The van der Waals surface area contributed by atoms with Gasteiger partial charge in [-0.15, -0.1) is 0 Å². The average molecular weight is 806 g/mol. The Hall–Kier alpha value is -1.40. The lowest BCUT2D eigenvalue weighted by Crippen LogP contribution is -2.45. The summed E-state index contributed by atoms with van der Waals surface area (Å²) in [7, 11) is 0. The number of hydrogen-bond acceptors (Lipinski definition) is 5. The van der Waals surface area contributed by atoms with Crippen LogP contribution in [0.4, 0.5) is 0 Å². The molecule has 0 aromatic heterocycles. The molecule has 0 fully saturated rings. The van der Waals surface area contributed by atoms with E-state index in [9.17, 15) is 19.8 Å². The molecule has 0 aliphatic rings. The standard InChI is InChI=1S/C51H99NO5/c1-3-5-7-9-11-13-14-15-16-17-18-19-22-25-29-33-37-41-45-51(56)57-46-42-38-34-30-26-23-20-21-24-28-32-36-40-44-50(55)52-48(47-53)49(54)43-39-35-31-27-12-10-8-6-4-2/h39,43,48-49,53-54H,3-38,40-42,44-47H2,1-2H3,(H,52,55)/b43-39+. The topological polar surface area (TPSA) is 95.9 Å². The first-order chi connectivity index (χ1) is 28.0. The highest BCUT2D eigenvalue weighted by Crippen LogP contribution is 2.16. The van der Waals surface area contributed by atoms with Gasteiger partial charge in [0.05, 0.1) is 25.4 Å². The van der Waals surface area contributed by atoms with Crippen LogP contribution < -0.4 is 5.32 Å². The van der Waals surface area contributed by atoms with Crippen LogP contribution in [0.5, 0.6) is 0 Å². The van der Waals surface area contributed by atoms with Crippen LogP contribution in [-0.4, -0.2) is 47.4 Å². The molecule has 0 aromatic carbocycles. The van der Waals surface area contributed by atoms with E-state index in [0.29, 0.717) is 19.4 Å². The summed E-state index contributed by atoms with van der Waals surface area (Å²) < 4.78 is 5.47. The Bertz CT molecular complexity index is 847. The molecule has 0 aliphatic heterocycles. The van der Waals surface area contributed by atoms with Crippen LogP contribution >= 0.6 is 0 Å². The molecular formula is C51H99NO5. The zero-order valence-electron chi connectivity index (χ0n) is 38.3. The third-order valence-electron chi connectivity index (χ3n) is 11.8. The quantitative estimate of drug-likeness (QED) is 0.0323. The minimum absolute atomic E-state index is 0.00296. The first-order valence-electron chi connectivity index (χ1n) is 25.5. The fraction of sp³-hybridized carbons (Fsp3) is 0.922. The number of nitrogens with one attached hydrogen (secondary N) is 1. The lowest BCUT2D eigenvalue weighted by molar-refractivity contribution is -0.143. The molecule has 6 nitrogen and oxygen atoms in total. The summed E-state index contributed by atoms with van der Waals surface area (Å²) >= 11 is 0. The van der Waals surface area contributed by atoms with Gasteiger partial charge in [0.25, 0.3) is 0 Å². The predicted octanol–water partition coefficient (Wildman–Crippen LogP) is 15.0. The lowest BCUT2D eigenvalue weighted by Gasteiger charge is -2.20. The van der Waals surface area contributed by atoms with Gasteiger partial charge in [0.1, 0.15) is 0 Å². The number of rotatable bonds is 47. The number of aliphatic hydroxyl groups excluding tert-OH is 2. The molecule has 0 aromatic rings. The molecular weight excluding hydrogens is 707 g/mol. The van der Waals surface area contributed by atoms with Crippen LogP contribution in [0.3, 0.4) is 0 Å². The summed E-state index contributed by atoms with van der Waals surface area (Å²) in [6, 6.07) is -0.634. The van der Waals surface area contributed by atoms with Gasteiger partial charge < -0.3 is 20.3 Å². The Labute approximate surface area is 355 Å². The van der Waals surface area contributed by atoms with Gasteiger partial charge in [-0.25, -0.2) is 0 Å². The number of carbonyl (C=O) groups is 2. The molecule has 6 heteroatoms. The number of unbranched alkanes of at least 4 members (excludes halogenated alkanes) is 36. The Kier molecular flexibility index (Phi) is 46.1. The molecule has 0 aliphatic carbocycles. The maximum Gasteiger partial charge on any atom is 0.305 e. The van der Waals surface area contributed by atoms with Gasteiger partial charge in [0.2, 0.25) is 5.91 Å². The molecule has 0 radical (unpaired) electrons. The van der Waals surface area contributed by atoms with E-state index in [1.54, 1.807) is 6.08 Å². The number of esters is 1. The zero-order valence-corrected chi connectivity index (χ0v) is 38.3. The number of ether oxygens (including phenoxy) is 1. The van der Waals surface area contributed by atoms with E-state index in [2.05, 4.69) is 19.2 Å². The highest BCUT2D eigenvalue weighted by atomic mass is 16.5. The van der Waals surface area contributed by atoms with Gasteiger partial charge >= 0.3 is 5.97 Å². The van der Waals surface area contributed by atoms with Crippen molar-refractivity contribution >= 4 is 11.9 Å². The number of carbonyl (C=O) groups excluding carboxylic acids is 2. The largest absolute Gasteiger partial charge is 0.466 e. The van der Waals surface area contributed by atoms with Gasteiger partial charge in [-0.05, 0) is 32.1 Å². The van der Waals surface area contributed by atoms with Gasteiger partial charge in [0, 0.05) is 12.8 Å². The second-order valence-electron chi connectivity index (χ2n) is 17.5. The summed E-state index contributed by atoms with van der Waals surface area (Å²) in [5.74, 6) is -0.0857. The Morgan fingerprint density at radius 1 is 0.474 bits per heavy atom. The molecule has 0 saturated carbocycles. The van der Waals surface area contributed by atoms with E-state index >= 15 is 0 Å². The predicted molar refractivity (Wildman–Crippen MR) is 246 cm³/mol. The summed E-state index contributed by atoms with van der Waals surface area (Å²) in [5, 5.41) is 22.9. The Balaban J connectivity index is 3.41. The van der Waals surface area contributed by atoms with Crippen LogP contribution in [0.25, 0.3) is 0 Å². The first-order valence-corrected chi connectivity index (χ1v) is 25.5. The van der Waals surface area contributed by atoms with Crippen molar-refractivity contribution < 1.29 is 24.5 Å². The third kappa shape index (κ3) is 44.0. The fourth-order valence-corrected chi connectivity index (χ4v) is 7.87. The molecule has 0 heterocycles. The number of allylic oxidation sites excluding steroid dienone is 1. The second kappa shape index (κ2) is 47.3. The molecule has 0 spiro atoms. The van der Waals surface area contributed by atoms with Gasteiger partial charge in [0.15, 0.2) is 0 Å². The van der Waals surface area contributed by atoms with E-state index in [1.165, 1.54) is 193 Å². The number of amides is 1. The summed E-state index contributed by atoms with van der Waals surface area (Å²) in [5.41, 5.74) is 0. The van der Waals surface area contributed by atoms with Crippen molar-refractivity contribution in [1.82, 2.24) is 5.32 Å². The van der Waals surface area contributed by atoms with E-state index in [1.807, 2.05) is 6.08 Å². The summed E-state index contributed by atoms with van der Waals surface area (Å²) in [4.78, 5) is 24.4. The molecule has 2 atom stereocenters. The highest BCUT2D eigenvalue weighted by molar-refractivity contribution is 5.76. The monoisotopic (exact) mass is 806 g/mol. The zero-order chi connectivity index (χ0) is 41.5. The van der Waals surface area contributed by atoms with E-state index in [0.717, 1.165) is 57.8 Å². The van der Waals surface area contributed by atoms with Crippen LogP contribution in [-0.2, 0) is 14.3 Å². The van der Waals surface area contributed by atoms with Crippen LogP contribution in [0.15, 0.2) is 12.2 Å². The van der Waals surface area contributed by atoms with E-state index in [4.69, 9.17) is 4.74 Å². The van der Waals surface area contributed by atoms with Crippen LogP contribution in [0.1, 0.15) is 277 Å². The van der Waals surface area contributed by atoms with E-state index < -0.39 is 12.1 Å². The van der Waals surface area contributed by atoms with Crippen LogP contribution in [0.2, 0.25) is 0 Å². The van der Waals surface area contributed by atoms with Crippen molar-refractivity contribution in [1.29, 1.82) is 0 Å². The third-order valence-corrected chi connectivity index (χ3v) is 11.8. The minimum Gasteiger partial charge on any atom is -0.466 e. The SMILES string of the molecule is CCCCCCCCC/C=C/C(O)C(CO)NC(=O)CCCCCCCCCCCCCCCOC(=O)CCCCCCCCCCCCCCCCCCCC. The minimum atomic E-state index is -0.849. The maximum atomic E-state index is 12.4. The second-order valence-corrected chi connectivity index (χ2v) is 17.5. The molecule has 0 saturated heterocycles. The first kappa shape index (κ1) is 55.6. The van der Waals surface area contributed by atoms with Gasteiger partial charge in [-0.3, -0.25) is 9.59 Å². The molecule has 2 unspecified atom stereocenters.